The summed E-state index contributed by atoms with van der Waals surface area (Å²) >= 11 is 0. The fourth-order valence-electron chi connectivity index (χ4n) is 4.75. The summed E-state index contributed by atoms with van der Waals surface area (Å²) in [7, 11) is 0. The predicted molar refractivity (Wildman–Crippen MR) is 155 cm³/mol. The molecule has 4 rings (SSSR count). The number of carbonyl (C=O) groups excluding carboxylic acids is 2. The van der Waals surface area contributed by atoms with Crippen molar-refractivity contribution in [3.63, 3.8) is 0 Å². The van der Waals surface area contributed by atoms with Crippen molar-refractivity contribution in [2.45, 2.75) is 70.7 Å². The van der Waals surface area contributed by atoms with Crippen molar-refractivity contribution in [2.24, 2.45) is 0 Å². The van der Waals surface area contributed by atoms with Crippen molar-refractivity contribution >= 4 is 11.8 Å². The lowest BCUT2D eigenvalue weighted by atomic mass is 10.0. The average molecular weight is 542 g/mol. The maximum atomic E-state index is 13.6. The monoisotopic (exact) mass is 541 g/mol. The first kappa shape index (κ1) is 29.4. The molecule has 40 heavy (non-hydrogen) atoms. The molecule has 6 heteroatoms. The Labute approximate surface area is 237 Å². The maximum Gasteiger partial charge on any atom is 0.323 e. The molecule has 1 fully saturated rings. The Kier molecular flexibility index (Phi) is 10.8. The third-order valence-corrected chi connectivity index (χ3v) is 6.85. The van der Waals surface area contributed by atoms with Gasteiger partial charge in [-0.05, 0) is 55.9 Å². The van der Waals surface area contributed by atoms with Gasteiger partial charge in [0.15, 0.2) is 11.6 Å². The number of unbranched alkanes of at least 4 members (excludes halogenated alkanes) is 1. The quantitative estimate of drug-likeness (QED) is 0.137. The SMILES string of the molecule is CC1(C)OC[C@H](C(=O)/C=C/CCC[C@@H](C(=O)OCc2ccccc2)N(Cc2ccccc2)Cc2ccccc2)O1. The van der Waals surface area contributed by atoms with E-state index in [1.54, 1.807) is 19.9 Å². The van der Waals surface area contributed by atoms with Crippen LogP contribution in [0.3, 0.4) is 0 Å². The summed E-state index contributed by atoms with van der Waals surface area (Å²) in [4.78, 5) is 28.3. The Morgan fingerprint density at radius 2 is 1.45 bits per heavy atom. The summed E-state index contributed by atoms with van der Waals surface area (Å²) in [5.41, 5.74) is 3.22. The first-order valence-corrected chi connectivity index (χ1v) is 13.9. The molecule has 0 radical (unpaired) electrons. The summed E-state index contributed by atoms with van der Waals surface area (Å²) in [6, 6.07) is 29.6. The van der Waals surface area contributed by atoms with Crippen LogP contribution in [0.2, 0.25) is 0 Å². The number of ether oxygens (including phenoxy) is 3. The van der Waals surface area contributed by atoms with Gasteiger partial charge in [-0.15, -0.1) is 0 Å². The molecule has 0 N–H and O–H groups in total. The van der Waals surface area contributed by atoms with Crippen molar-refractivity contribution in [1.82, 2.24) is 4.90 Å². The molecule has 1 saturated heterocycles. The lowest BCUT2D eigenvalue weighted by Crippen LogP contribution is -2.41. The van der Waals surface area contributed by atoms with Gasteiger partial charge in [0.25, 0.3) is 0 Å². The molecule has 0 saturated carbocycles. The molecule has 0 spiro atoms. The van der Waals surface area contributed by atoms with Crippen molar-refractivity contribution < 1.29 is 23.8 Å². The Morgan fingerprint density at radius 1 is 0.900 bits per heavy atom. The van der Waals surface area contributed by atoms with Crippen molar-refractivity contribution in [2.75, 3.05) is 6.61 Å². The second-order valence-corrected chi connectivity index (χ2v) is 10.5. The Morgan fingerprint density at radius 3 is 1.98 bits per heavy atom. The third kappa shape index (κ3) is 9.26. The molecule has 2 atom stereocenters. The van der Waals surface area contributed by atoms with Gasteiger partial charge in [0, 0.05) is 13.1 Å². The topological polar surface area (TPSA) is 65.1 Å². The van der Waals surface area contributed by atoms with Crippen molar-refractivity contribution in [3.05, 3.63) is 120 Å². The van der Waals surface area contributed by atoms with E-state index in [-0.39, 0.29) is 25.0 Å². The summed E-state index contributed by atoms with van der Waals surface area (Å²) < 4.78 is 17.0. The van der Waals surface area contributed by atoms with E-state index >= 15 is 0 Å². The summed E-state index contributed by atoms with van der Waals surface area (Å²) in [6.07, 6.45) is 4.85. The zero-order chi connectivity index (χ0) is 28.2. The normalized spacial score (nSPS) is 17.2. The van der Waals surface area contributed by atoms with Crippen LogP contribution in [0.5, 0.6) is 0 Å². The molecule has 3 aromatic carbocycles. The molecule has 0 unspecified atom stereocenters. The standard InChI is InChI=1S/C34H39NO5/c1-34(2)39-26-32(40-34)31(36)22-14-6-13-21-30(33(37)38-25-29-19-11-5-12-20-29)35(23-27-15-7-3-8-16-27)24-28-17-9-4-10-18-28/h3-5,7-12,14-20,22,30,32H,6,13,21,23-26H2,1-2H3/b22-14+/t30-,32+/m0/s1. The number of allylic oxidation sites excluding steroid dienone is 1. The van der Waals surface area contributed by atoms with Gasteiger partial charge in [-0.2, -0.15) is 0 Å². The van der Waals surface area contributed by atoms with Crippen LogP contribution in [0.1, 0.15) is 49.8 Å². The molecule has 1 aliphatic heterocycles. The first-order chi connectivity index (χ1) is 19.4. The smallest absolute Gasteiger partial charge is 0.323 e. The van der Waals surface area contributed by atoms with E-state index in [0.29, 0.717) is 25.9 Å². The molecular weight excluding hydrogens is 502 g/mol. The Balaban J connectivity index is 1.45. The number of esters is 1. The Hall–Kier alpha value is -3.58. The largest absolute Gasteiger partial charge is 0.460 e. The van der Waals surface area contributed by atoms with Gasteiger partial charge >= 0.3 is 5.97 Å². The molecule has 0 amide bonds. The van der Waals surface area contributed by atoms with Crippen LogP contribution in [0.4, 0.5) is 0 Å². The fourth-order valence-corrected chi connectivity index (χ4v) is 4.75. The van der Waals surface area contributed by atoms with E-state index in [4.69, 9.17) is 14.2 Å². The molecule has 3 aromatic rings. The summed E-state index contributed by atoms with van der Waals surface area (Å²) in [6.45, 7) is 5.33. The van der Waals surface area contributed by atoms with E-state index in [9.17, 15) is 9.59 Å². The van der Waals surface area contributed by atoms with Gasteiger partial charge in [0.1, 0.15) is 18.8 Å². The van der Waals surface area contributed by atoms with Gasteiger partial charge in [-0.25, -0.2) is 0 Å². The minimum absolute atomic E-state index is 0.0980. The highest BCUT2D eigenvalue weighted by Crippen LogP contribution is 2.23. The predicted octanol–water partition coefficient (Wildman–Crippen LogP) is 6.25. The maximum absolute atomic E-state index is 13.6. The molecule has 6 nitrogen and oxygen atoms in total. The molecule has 0 aromatic heterocycles. The van der Waals surface area contributed by atoms with Gasteiger partial charge < -0.3 is 14.2 Å². The van der Waals surface area contributed by atoms with Crippen LogP contribution in [0, 0.1) is 0 Å². The van der Waals surface area contributed by atoms with E-state index in [0.717, 1.165) is 23.1 Å². The number of benzene rings is 3. The highest BCUT2D eigenvalue weighted by molar-refractivity contribution is 5.93. The van der Waals surface area contributed by atoms with Gasteiger partial charge in [-0.3, -0.25) is 14.5 Å². The van der Waals surface area contributed by atoms with Crippen LogP contribution in [0.25, 0.3) is 0 Å². The minimum atomic E-state index is -0.734. The average Bonchev–Trinajstić information content (AvgIpc) is 3.34. The van der Waals surface area contributed by atoms with Gasteiger partial charge in [0.05, 0.1) is 6.61 Å². The second-order valence-electron chi connectivity index (χ2n) is 10.5. The fraction of sp³-hybridized carbons (Fsp3) is 0.353. The van der Waals surface area contributed by atoms with Gasteiger partial charge in [0.2, 0.25) is 0 Å². The lowest BCUT2D eigenvalue weighted by molar-refractivity contribution is -0.152. The number of nitrogens with zero attached hydrogens (tertiary/aromatic N) is 1. The highest BCUT2D eigenvalue weighted by Gasteiger charge is 2.35. The summed E-state index contributed by atoms with van der Waals surface area (Å²) in [5, 5.41) is 0. The van der Waals surface area contributed by atoms with E-state index in [2.05, 4.69) is 29.2 Å². The number of hydrogen-bond acceptors (Lipinski definition) is 6. The number of ketones is 1. The number of rotatable bonds is 14. The lowest BCUT2D eigenvalue weighted by Gasteiger charge is -2.30. The number of hydrogen-bond donors (Lipinski definition) is 0. The van der Waals surface area contributed by atoms with E-state index in [1.807, 2.05) is 72.8 Å². The van der Waals surface area contributed by atoms with Gasteiger partial charge in [-0.1, -0.05) is 97.1 Å². The zero-order valence-electron chi connectivity index (χ0n) is 23.4. The minimum Gasteiger partial charge on any atom is -0.460 e. The molecule has 1 aliphatic rings. The molecule has 0 aliphatic carbocycles. The molecule has 210 valence electrons. The molecule has 0 bridgehead atoms. The van der Waals surface area contributed by atoms with Crippen LogP contribution >= 0.6 is 0 Å². The summed E-state index contributed by atoms with van der Waals surface area (Å²) in [5.74, 6) is -1.07. The molecule has 1 heterocycles. The van der Waals surface area contributed by atoms with E-state index < -0.39 is 17.9 Å². The van der Waals surface area contributed by atoms with Crippen LogP contribution in [0.15, 0.2) is 103 Å². The van der Waals surface area contributed by atoms with Crippen LogP contribution in [-0.2, 0) is 43.5 Å². The molecular formula is C34H39NO5. The van der Waals surface area contributed by atoms with Crippen LogP contribution < -0.4 is 0 Å². The van der Waals surface area contributed by atoms with Crippen LogP contribution in [-0.4, -0.2) is 41.2 Å². The van der Waals surface area contributed by atoms with E-state index in [1.165, 1.54) is 0 Å². The number of carbonyl (C=O) groups is 2. The van der Waals surface area contributed by atoms with Crippen molar-refractivity contribution in [1.29, 1.82) is 0 Å². The highest BCUT2D eigenvalue weighted by atomic mass is 16.7. The van der Waals surface area contributed by atoms with Crippen molar-refractivity contribution in [3.8, 4) is 0 Å². The second kappa shape index (κ2) is 14.7. The zero-order valence-corrected chi connectivity index (χ0v) is 23.4. The third-order valence-electron chi connectivity index (χ3n) is 6.85. The Bertz CT molecular complexity index is 1190. The first-order valence-electron chi connectivity index (χ1n) is 13.9.